The average Bonchev–Trinajstić information content (AvgIpc) is 2.66. The van der Waals surface area contributed by atoms with Crippen molar-refractivity contribution in [1.29, 1.82) is 0 Å². The van der Waals surface area contributed by atoms with Gasteiger partial charge in [-0.25, -0.2) is 9.97 Å². The molecule has 0 bridgehead atoms. The summed E-state index contributed by atoms with van der Waals surface area (Å²) >= 11 is 5.84. The molecule has 0 radical (unpaired) electrons. The molecule has 2 aromatic rings. The molecule has 6 heteroatoms. The maximum absolute atomic E-state index is 11.5. The van der Waals surface area contributed by atoms with E-state index in [-0.39, 0.29) is 5.91 Å². The molecule has 0 spiro atoms. The van der Waals surface area contributed by atoms with Crippen LogP contribution in [0.5, 0.6) is 0 Å². The van der Waals surface area contributed by atoms with Gasteiger partial charge in [-0.2, -0.15) is 0 Å². The van der Waals surface area contributed by atoms with Crippen LogP contribution in [0.1, 0.15) is 25.2 Å². The minimum Gasteiger partial charge on any atom is -0.369 e. The van der Waals surface area contributed by atoms with Crippen molar-refractivity contribution in [2.24, 2.45) is 11.1 Å². The fraction of sp³-hybridized carbons (Fsp3) is 0.500. The second-order valence-electron chi connectivity index (χ2n) is 5.66. The van der Waals surface area contributed by atoms with Gasteiger partial charge in [-0.3, -0.25) is 4.79 Å². The second-order valence-corrected chi connectivity index (χ2v) is 6.03. The van der Waals surface area contributed by atoms with Gasteiger partial charge in [0.1, 0.15) is 11.3 Å². The minimum absolute atomic E-state index is 0.344. The largest absolute Gasteiger partial charge is 0.369 e. The number of carbonyl (C=O) groups is 1. The van der Waals surface area contributed by atoms with Gasteiger partial charge in [0, 0.05) is 25.0 Å². The van der Waals surface area contributed by atoms with Crippen molar-refractivity contribution in [1.82, 2.24) is 14.5 Å². The summed E-state index contributed by atoms with van der Waals surface area (Å²) in [5, 5.41) is 0. The molecule has 0 fully saturated rings. The molecular formula is C14H19ClN4O. The number of nitrogens with zero attached hydrogens (tertiary/aromatic N) is 3. The number of primary amides is 1. The molecule has 0 unspecified atom stereocenters. The van der Waals surface area contributed by atoms with E-state index in [0.717, 1.165) is 22.6 Å². The van der Waals surface area contributed by atoms with E-state index in [2.05, 4.69) is 9.97 Å². The standard InChI is InChI=1S/C14H19ClN4O/c1-9-6-10-12(17-7-9)19(11(18-10)4-5-15)8-14(2,3)13(16)20/h6-7H,4-5,8H2,1-3H3,(H2,16,20). The summed E-state index contributed by atoms with van der Waals surface area (Å²) < 4.78 is 1.95. The molecule has 2 rings (SSSR count). The van der Waals surface area contributed by atoms with Crippen molar-refractivity contribution in [3.63, 3.8) is 0 Å². The lowest BCUT2D eigenvalue weighted by Gasteiger charge is -2.22. The average molecular weight is 295 g/mol. The van der Waals surface area contributed by atoms with Crippen LogP contribution in [0.15, 0.2) is 12.3 Å². The fourth-order valence-electron chi connectivity index (χ4n) is 2.07. The number of amides is 1. The van der Waals surface area contributed by atoms with Crippen LogP contribution in [0.2, 0.25) is 0 Å². The number of aryl methyl sites for hydroxylation is 2. The smallest absolute Gasteiger partial charge is 0.224 e. The Kier molecular flexibility index (Phi) is 3.99. The molecule has 0 aliphatic carbocycles. The molecule has 2 N–H and O–H groups in total. The van der Waals surface area contributed by atoms with Gasteiger partial charge in [0.2, 0.25) is 5.91 Å². The predicted octanol–water partition coefficient (Wildman–Crippen LogP) is 2.03. The molecular weight excluding hydrogens is 276 g/mol. The molecule has 0 aliphatic heterocycles. The molecule has 0 aliphatic rings. The predicted molar refractivity (Wildman–Crippen MR) is 79.7 cm³/mol. The molecule has 0 saturated heterocycles. The van der Waals surface area contributed by atoms with Crippen LogP contribution in [0.4, 0.5) is 0 Å². The van der Waals surface area contributed by atoms with E-state index in [4.69, 9.17) is 17.3 Å². The summed E-state index contributed by atoms with van der Waals surface area (Å²) in [6.45, 7) is 6.06. The summed E-state index contributed by atoms with van der Waals surface area (Å²) in [7, 11) is 0. The van der Waals surface area contributed by atoms with Gasteiger partial charge in [0.15, 0.2) is 5.65 Å². The van der Waals surface area contributed by atoms with E-state index >= 15 is 0 Å². The second kappa shape index (κ2) is 5.40. The first-order valence-corrected chi connectivity index (χ1v) is 7.06. The SMILES string of the molecule is Cc1cnc2c(c1)nc(CCCl)n2CC(C)(C)C(N)=O. The molecule has 108 valence electrons. The first-order valence-electron chi connectivity index (χ1n) is 6.53. The highest BCUT2D eigenvalue weighted by Gasteiger charge is 2.28. The first-order chi connectivity index (χ1) is 9.35. The van der Waals surface area contributed by atoms with E-state index in [1.165, 1.54) is 0 Å². The van der Waals surface area contributed by atoms with Crippen LogP contribution in [0.3, 0.4) is 0 Å². The number of aromatic nitrogens is 3. The van der Waals surface area contributed by atoms with Crippen LogP contribution >= 0.6 is 11.6 Å². The number of fused-ring (bicyclic) bond motifs is 1. The Labute approximate surface area is 123 Å². The van der Waals surface area contributed by atoms with E-state index in [0.29, 0.717) is 18.8 Å². The zero-order valence-electron chi connectivity index (χ0n) is 12.0. The van der Waals surface area contributed by atoms with Crippen molar-refractivity contribution < 1.29 is 4.79 Å². The molecule has 0 aromatic carbocycles. The summed E-state index contributed by atoms with van der Waals surface area (Å²) in [5.74, 6) is 0.963. The zero-order chi connectivity index (χ0) is 14.9. The van der Waals surface area contributed by atoms with Gasteiger partial charge in [-0.05, 0) is 32.4 Å². The summed E-state index contributed by atoms with van der Waals surface area (Å²) in [5.41, 5.74) is 7.44. The quantitative estimate of drug-likeness (QED) is 0.858. The van der Waals surface area contributed by atoms with E-state index in [9.17, 15) is 4.79 Å². The van der Waals surface area contributed by atoms with E-state index in [1.54, 1.807) is 6.20 Å². The number of hydrogen-bond acceptors (Lipinski definition) is 3. The number of rotatable bonds is 5. The third kappa shape index (κ3) is 2.77. The Morgan fingerprint density at radius 3 is 2.80 bits per heavy atom. The van der Waals surface area contributed by atoms with Gasteiger partial charge in [-0.15, -0.1) is 11.6 Å². The molecule has 20 heavy (non-hydrogen) atoms. The third-order valence-corrected chi connectivity index (χ3v) is 3.53. The molecule has 5 nitrogen and oxygen atoms in total. The topological polar surface area (TPSA) is 73.8 Å². The lowest BCUT2D eigenvalue weighted by molar-refractivity contribution is -0.126. The van der Waals surface area contributed by atoms with Crippen molar-refractivity contribution in [2.45, 2.75) is 33.7 Å². The first kappa shape index (κ1) is 14.8. The van der Waals surface area contributed by atoms with Crippen molar-refractivity contribution in [2.75, 3.05) is 5.88 Å². The molecule has 0 saturated carbocycles. The third-order valence-electron chi connectivity index (χ3n) is 3.34. The highest BCUT2D eigenvalue weighted by Crippen LogP contribution is 2.23. The van der Waals surface area contributed by atoms with E-state index in [1.807, 2.05) is 31.4 Å². The van der Waals surface area contributed by atoms with Crippen molar-refractivity contribution >= 4 is 28.7 Å². The van der Waals surface area contributed by atoms with Crippen LogP contribution in [-0.4, -0.2) is 26.3 Å². The lowest BCUT2D eigenvalue weighted by Crippen LogP contribution is -2.35. The van der Waals surface area contributed by atoms with Crippen molar-refractivity contribution in [3.8, 4) is 0 Å². The van der Waals surface area contributed by atoms with Crippen LogP contribution in [0.25, 0.3) is 11.2 Å². The zero-order valence-corrected chi connectivity index (χ0v) is 12.7. The van der Waals surface area contributed by atoms with Gasteiger partial charge >= 0.3 is 0 Å². The Morgan fingerprint density at radius 2 is 2.20 bits per heavy atom. The number of hydrogen-bond donors (Lipinski definition) is 1. The minimum atomic E-state index is -0.665. The highest BCUT2D eigenvalue weighted by atomic mass is 35.5. The summed E-state index contributed by atoms with van der Waals surface area (Å²) in [4.78, 5) is 20.6. The van der Waals surface area contributed by atoms with Gasteiger partial charge in [0.05, 0.1) is 5.41 Å². The lowest BCUT2D eigenvalue weighted by atomic mass is 9.92. The van der Waals surface area contributed by atoms with Crippen LogP contribution in [0, 0.1) is 12.3 Å². The fourth-order valence-corrected chi connectivity index (χ4v) is 2.24. The Bertz CT molecular complexity index is 648. The maximum Gasteiger partial charge on any atom is 0.224 e. The number of alkyl halides is 1. The number of pyridine rings is 1. The van der Waals surface area contributed by atoms with Crippen LogP contribution < -0.4 is 5.73 Å². The number of imidazole rings is 1. The van der Waals surface area contributed by atoms with Gasteiger partial charge in [-0.1, -0.05) is 0 Å². The summed E-state index contributed by atoms with van der Waals surface area (Å²) in [6.07, 6.45) is 2.42. The Morgan fingerprint density at radius 1 is 1.50 bits per heavy atom. The summed E-state index contributed by atoms with van der Waals surface area (Å²) in [6, 6.07) is 1.98. The Hall–Kier alpha value is -1.62. The normalized spacial score (nSPS) is 12.0. The maximum atomic E-state index is 11.5. The number of halogens is 1. The highest BCUT2D eigenvalue weighted by molar-refractivity contribution is 6.17. The molecule has 2 aromatic heterocycles. The number of nitrogens with two attached hydrogens (primary N) is 1. The van der Waals surface area contributed by atoms with Crippen LogP contribution in [-0.2, 0) is 17.8 Å². The van der Waals surface area contributed by atoms with E-state index < -0.39 is 5.41 Å². The molecule has 0 atom stereocenters. The molecule has 2 heterocycles. The van der Waals surface area contributed by atoms with Gasteiger partial charge < -0.3 is 10.3 Å². The van der Waals surface area contributed by atoms with Crippen molar-refractivity contribution in [3.05, 3.63) is 23.7 Å². The Balaban J connectivity index is 2.54. The number of carbonyl (C=O) groups excluding carboxylic acids is 1. The molecule has 1 amide bonds. The van der Waals surface area contributed by atoms with Gasteiger partial charge in [0.25, 0.3) is 0 Å². The monoisotopic (exact) mass is 294 g/mol.